The second-order valence-electron chi connectivity index (χ2n) is 3.18. The van der Waals surface area contributed by atoms with E-state index in [4.69, 9.17) is 22.0 Å². The number of hydrogen-bond acceptors (Lipinski definition) is 2. The van der Waals surface area contributed by atoms with Crippen LogP contribution in [0.25, 0.3) is 0 Å². The van der Waals surface area contributed by atoms with Gasteiger partial charge in [-0.2, -0.15) is 18.4 Å². The van der Waals surface area contributed by atoms with Gasteiger partial charge in [-0.05, 0) is 17.7 Å². The normalized spacial score (nSPS) is 11.0. The van der Waals surface area contributed by atoms with E-state index in [1.54, 1.807) is 0 Å². The summed E-state index contributed by atoms with van der Waals surface area (Å²) in [7, 11) is 0. The van der Waals surface area contributed by atoms with Crippen molar-refractivity contribution < 1.29 is 23.1 Å². The van der Waals surface area contributed by atoms with E-state index in [0.29, 0.717) is 0 Å². The van der Waals surface area contributed by atoms with Crippen LogP contribution < -0.4 is 0 Å². The molecule has 90 valence electrons. The SMILES string of the molecule is N#Cc1cc(CC(=O)O)cc(Cl)c1C(F)(F)F. The molecular formula is C10H5ClF3NO2. The summed E-state index contributed by atoms with van der Waals surface area (Å²) >= 11 is 5.42. The molecule has 0 bridgehead atoms. The second-order valence-corrected chi connectivity index (χ2v) is 3.59. The molecule has 17 heavy (non-hydrogen) atoms. The van der Waals surface area contributed by atoms with Crippen LogP contribution in [0.3, 0.4) is 0 Å². The van der Waals surface area contributed by atoms with Gasteiger partial charge < -0.3 is 5.11 Å². The predicted molar refractivity (Wildman–Crippen MR) is 52.5 cm³/mol. The fraction of sp³-hybridized carbons (Fsp3) is 0.200. The fourth-order valence-corrected chi connectivity index (χ4v) is 1.66. The van der Waals surface area contributed by atoms with Crippen molar-refractivity contribution in [3.63, 3.8) is 0 Å². The number of benzene rings is 1. The molecule has 0 saturated heterocycles. The molecule has 0 heterocycles. The van der Waals surface area contributed by atoms with Gasteiger partial charge in [0, 0.05) is 0 Å². The molecule has 1 rings (SSSR count). The van der Waals surface area contributed by atoms with E-state index in [9.17, 15) is 18.0 Å². The number of nitriles is 1. The monoisotopic (exact) mass is 263 g/mol. The van der Waals surface area contributed by atoms with E-state index in [0.717, 1.165) is 12.1 Å². The van der Waals surface area contributed by atoms with Crippen LogP contribution in [0.1, 0.15) is 16.7 Å². The van der Waals surface area contributed by atoms with Gasteiger partial charge in [0.25, 0.3) is 0 Å². The Hall–Kier alpha value is -1.74. The molecule has 7 heteroatoms. The topological polar surface area (TPSA) is 61.1 Å². The minimum atomic E-state index is -4.75. The van der Waals surface area contributed by atoms with Crippen molar-refractivity contribution in [2.45, 2.75) is 12.6 Å². The third kappa shape index (κ3) is 3.11. The lowest BCUT2D eigenvalue weighted by Gasteiger charge is -2.11. The van der Waals surface area contributed by atoms with Crippen LogP contribution in [0.5, 0.6) is 0 Å². The Labute approximate surface area is 99.0 Å². The number of alkyl halides is 3. The van der Waals surface area contributed by atoms with Crippen LogP contribution in [0.4, 0.5) is 13.2 Å². The molecule has 0 amide bonds. The van der Waals surface area contributed by atoms with Crippen LogP contribution >= 0.6 is 11.6 Å². The van der Waals surface area contributed by atoms with Crippen molar-refractivity contribution in [3.8, 4) is 6.07 Å². The number of rotatable bonds is 2. The lowest BCUT2D eigenvalue weighted by atomic mass is 10.0. The smallest absolute Gasteiger partial charge is 0.419 e. The van der Waals surface area contributed by atoms with Gasteiger partial charge in [0.1, 0.15) is 0 Å². The highest BCUT2D eigenvalue weighted by Crippen LogP contribution is 2.37. The maximum atomic E-state index is 12.5. The number of nitrogens with zero attached hydrogens (tertiary/aromatic N) is 1. The summed E-state index contributed by atoms with van der Waals surface area (Å²) in [4.78, 5) is 10.4. The highest BCUT2D eigenvalue weighted by atomic mass is 35.5. The van der Waals surface area contributed by atoms with Crippen molar-refractivity contribution in [1.82, 2.24) is 0 Å². The molecule has 0 radical (unpaired) electrons. The van der Waals surface area contributed by atoms with E-state index in [1.807, 2.05) is 0 Å². The number of aliphatic carboxylic acids is 1. The van der Waals surface area contributed by atoms with Gasteiger partial charge in [-0.15, -0.1) is 0 Å². The summed E-state index contributed by atoms with van der Waals surface area (Å²) in [5.41, 5.74) is -1.87. The zero-order valence-electron chi connectivity index (χ0n) is 8.18. The Morgan fingerprint density at radius 2 is 2.06 bits per heavy atom. The third-order valence-electron chi connectivity index (χ3n) is 1.91. The van der Waals surface area contributed by atoms with Gasteiger partial charge >= 0.3 is 12.1 Å². The van der Waals surface area contributed by atoms with Crippen molar-refractivity contribution in [2.24, 2.45) is 0 Å². The van der Waals surface area contributed by atoms with Gasteiger partial charge in [-0.3, -0.25) is 4.79 Å². The zero-order valence-corrected chi connectivity index (χ0v) is 8.93. The Balaban J connectivity index is 3.38. The molecule has 3 nitrogen and oxygen atoms in total. The summed E-state index contributed by atoms with van der Waals surface area (Å²) in [5.74, 6) is -1.22. The molecule has 0 aliphatic rings. The van der Waals surface area contributed by atoms with Crippen molar-refractivity contribution in [3.05, 3.63) is 33.8 Å². The first-order chi connectivity index (χ1) is 7.75. The van der Waals surface area contributed by atoms with E-state index < -0.39 is 34.7 Å². The van der Waals surface area contributed by atoms with Gasteiger partial charge in [-0.1, -0.05) is 11.6 Å². The van der Waals surface area contributed by atoms with Gasteiger partial charge in [-0.25, -0.2) is 0 Å². The second kappa shape index (κ2) is 4.63. The van der Waals surface area contributed by atoms with Crippen LogP contribution in [-0.4, -0.2) is 11.1 Å². The highest BCUT2D eigenvalue weighted by Gasteiger charge is 2.36. The first-order valence-corrected chi connectivity index (χ1v) is 4.65. The summed E-state index contributed by atoms with van der Waals surface area (Å²) in [6.07, 6.45) is -5.24. The van der Waals surface area contributed by atoms with Gasteiger partial charge in [0.2, 0.25) is 0 Å². The van der Waals surface area contributed by atoms with Crippen molar-refractivity contribution in [2.75, 3.05) is 0 Å². The summed E-state index contributed by atoms with van der Waals surface area (Å²) < 4.78 is 37.6. The first-order valence-electron chi connectivity index (χ1n) is 4.27. The van der Waals surface area contributed by atoms with Crippen molar-refractivity contribution in [1.29, 1.82) is 5.26 Å². The summed E-state index contributed by atoms with van der Waals surface area (Å²) in [6, 6.07) is 3.14. The molecule has 0 fully saturated rings. The quantitative estimate of drug-likeness (QED) is 0.892. The fourth-order valence-electron chi connectivity index (χ4n) is 1.32. The molecular weight excluding hydrogens is 259 g/mol. The van der Waals surface area contributed by atoms with Crippen LogP contribution in [0.15, 0.2) is 12.1 Å². The molecule has 0 aliphatic heterocycles. The summed E-state index contributed by atoms with van der Waals surface area (Å²) in [6.45, 7) is 0. The molecule has 1 aromatic rings. The molecule has 1 N–H and O–H groups in total. The minimum Gasteiger partial charge on any atom is -0.481 e. The number of carboxylic acid groups (broad SMARTS) is 1. The largest absolute Gasteiger partial charge is 0.481 e. The first kappa shape index (κ1) is 13.3. The Kier molecular flexibility index (Phi) is 3.63. The summed E-state index contributed by atoms with van der Waals surface area (Å²) in [5, 5.41) is 16.4. The predicted octanol–water partition coefficient (Wildman–Crippen LogP) is 2.86. The Morgan fingerprint density at radius 1 is 1.47 bits per heavy atom. The van der Waals surface area contributed by atoms with Crippen LogP contribution in [0, 0.1) is 11.3 Å². The maximum Gasteiger partial charge on any atom is 0.419 e. The zero-order chi connectivity index (χ0) is 13.2. The average Bonchev–Trinajstić information content (AvgIpc) is 2.13. The highest BCUT2D eigenvalue weighted by molar-refractivity contribution is 6.31. The van der Waals surface area contributed by atoms with E-state index in [2.05, 4.69) is 0 Å². The minimum absolute atomic E-state index is 0.0482. The average molecular weight is 264 g/mol. The van der Waals surface area contributed by atoms with Gasteiger partial charge in [0.05, 0.1) is 28.6 Å². The Bertz CT molecular complexity index is 505. The molecule has 0 spiro atoms. The van der Waals surface area contributed by atoms with Crippen molar-refractivity contribution >= 4 is 17.6 Å². The number of carboxylic acids is 1. The molecule has 1 aromatic carbocycles. The number of carbonyl (C=O) groups is 1. The molecule has 0 unspecified atom stereocenters. The van der Waals surface area contributed by atoms with Crippen LogP contribution in [0.2, 0.25) is 5.02 Å². The molecule has 0 saturated carbocycles. The molecule has 0 aromatic heterocycles. The maximum absolute atomic E-state index is 12.5. The van der Waals surface area contributed by atoms with Crippen LogP contribution in [-0.2, 0) is 17.4 Å². The number of halogens is 4. The van der Waals surface area contributed by atoms with Gasteiger partial charge in [0.15, 0.2) is 0 Å². The van der Waals surface area contributed by atoms with E-state index >= 15 is 0 Å². The number of hydrogen-bond donors (Lipinski definition) is 1. The lowest BCUT2D eigenvalue weighted by Crippen LogP contribution is -2.10. The third-order valence-corrected chi connectivity index (χ3v) is 2.21. The standard InChI is InChI=1S/C10H5ClF3NO2/c11-7-2-5(3-8(16)17)1-6(4-15)9(7)10(12,13)14/h1-2H,3H2,(H,16,17). The van der Waals surface area contributed by atoms with E-state index in [-0.39, 0.29) is 5.56 Å². The molecule has 0 aliphatic carbocycles. The lowest BCUT2D eigenvalue weighted by molar-refractivity contribution is -0.137. The van der Waals surface area contributed by atoms with E-state index in [1.165, 1.54) is 6.07 Å². The Morgan fingerprint density at radius 3 is 2.47 bits per heavy atom. The molecule has 0 atom stereocenters.